The number of ether oxygens (including phenoxy) is 1. The van der Waals surface area contributed by atoms with Crippen LogP contribution in [0.5, 0.6) is 5.75 Å². The number of methoxy groups -OCH3 is 1. The van der Waals surface area contributed by atoms with E-state index in [9.17, 15) is 0 Å². The summed E-state index contributed by atoms with van der Waals surface area (Å²) in [5.74, 6) is 1.11. The topological polar surface area (TPSA) is 51.0 Å². The van der Waals surface area contributed by atoms with Crippen molar-refractivity contribution in [3.63, 3.8) is 0 Å². The van der Waals surface area contributed by atoms with Crippen molar-refractivity contribution in [3.8, 4) is 5.75 Å². The average molecular weight is 357 g/mol. The van der Waals surface area contributed by atoms with Crippen LogP contribution in [0.25, 0.3) is 10.9 Å². The predicted molar refractivity (Wildman–Crippen MR) is 106 cm³/mol. The van der Waals surface area contributed by atoms with E-state index < -0.39 is 0 Å². The first-order chi connectivity index (χ1) is 11.6. The third kappa shape index (κ3) is 2.82. The number of fused-ring (bicyclic) bond motifs is 3. The number of halogens is 1. The van der Waals surface area contributed by atoms with Gasteiger partial charge in [0.05, 0.1) is 12.6 Å². The fourth-order valence-corrected chi connectivity index (χ4v) is 4.16. The SMILES string of the molecule is COc1ccc([C@@H](C)C2(N)CCCc3c2[nH]c2ccccc32)cc1.Cl. The van der Waals surface area contributed by atoms with Crippen molar-refractivity contribution in [1.82, 2.24) is 4.98 Å². The molecule has 1 aliphatic carbocycles. The highest BCUT2D eigenvalue weighted by Gasteiger charge is 2.40. The Morgan fingerprint density at radius 3 is 2.56 bits per heavy atom. The Kier molecular flexibility index (Phi) is 4.81. The quantitative estimate of drug-likeness (QED) is 0.701. The van der Waals surface area contributed by atoms with Crippen molar-refractivity contribution in [2.75, 3.05) is 7.11 Å². The van der Waals surface area contributed by atoms with Gasteiger partial charge in [-0.25, -0.2) is 0 Å². The molecule has 1 unspecified atom stereocenters. The van der Waals surface area contributed by atoms with E-state index >= 15 is 0 Å². The number of nitrogens with two attached hydrogens (primary N) is 1. The number of aromatic nitrogens is 1. The molecule has 1 heterocycles. The lowest BCUT2D eigenvalue weighted by Gasteiger charge is -2.39. The Labute approximate surface area is 155 Å². The third-order valence-corrected chi connectivity index (χ3v) is 5.68. The molecule has 1 aliphatic rings. The molecule has 0 radical (unpaired) electrons. The monoisotopic (exact) mass is 356 g/mol. The number of aromatic amines is 1. The smallest absolute Gasteiger partial charge is 0.118 e. The van der Waals surface area contributed by atoms with Crippen molar-refractivity contribution in [2.45, 2.75) is 37.6 Å². The summed E-state index contributed by atoms with van der Waals surface area (Å²) < 4.78 is 5.28. The first-order valence-corrected chi connectivity index (χ1v) is 8.66. The van der Waals surface area contributed by atoms with Gasteiger partial charge in [-0.05, 0) is 48.6 Å². The lowest BCUT2D eigenvalue weighted by atomic mass is 9.71. The molecule has 0 saturated carbocycles. The highest BCUT2D eigenvalue weighted by atomic mass is 35.5. The van der Waals surface area contributed by atoms with Crippen molar-refractivity contribution in [1.29, 1.82) is 0 Å². The average Bonchev–Trinajstić information content (AvgIpc) is 3.02. The van der Waals surface area contributed by atoms with Gasteiger partial charge >= 0.3 is 0 Å². The second kappa shape index (κ2) is 6.74. The number of benzene rings is 2. The first-order valence-electron chi connectivity index (χ1n) is 8.66. The Morgan fingerprint density at radius 1 is 1.12 bits per heavy atom. The van der Waals surface area contributed by atoms with Crippen LogP contribution in [0.15, 0.2) is 48.5 Å². The van der Waals surface area contributed by atoms with Crippen molar-refractivity contribution < 1.29 is 4.74 Å². The molecule has 3 N–H and O–H groups in total. The van der Waals surface area contributed by atoms with Gasteiger partial charge in [0.1, 0.15) is 5.75 Å². The Bertz CT molecular complexity index is 871. The van der Waals surface area contributed by atoms with Crippen LogP contribution in [0.3, 0.4) is 0 Å². The predicted octanol–water partition coefficient (Wildman–Crippen LogP) is 4.89. The molecule has 0 aliphatic heterocycles. The molecule has 0 spiro atoms. The molecule has 132 valence electrons. The summed E-state index contributed by atoms with van der Waals surface area (Å²) in [4.78, 5) is 3.63. The van der Waals surface area contributed by atoms with E-state index in [0.717, 1.165) is 25.0 Å². The van der Waals surface area contributed by atoms with Gasteiger partial charge in [0.2, 0.25) is 0 Å². The van der Waals surface area contributed by atoms with Crippen LogP contribution >= 0.6 is 12.4 Å². The first kappa shape index (κ1) is 17.8. The molecule has 4 rings (SSSR count). The van der Waals surface area contributed by atoms with Crippen LogP contribution in [0.2, 0.25) is 0 Å². The van der Waals surface area contributed by atoms with Gasteiger partial charge in [-0.15, -0.1) is 12.4 Å². The minimum Gasteiger partial charge on any atom is -0.497 e. The van der Waals surface area contributed by atoms with E-state index in [1.165, 1.54) is 27.7 Å². The Balaban J connectivity index is 0.00000182. The number of hydrogen-bond acceptors (Lipinski definition) is 2. The summed E-state index contributed by atoms with van der Waals surface area (Å²) >= 11 is 0. The number of rotatable bonds is 3. The van der Waals surface area contributed by atoms with Crippen LogP contribution < -0.4 is 10.5 Å². The minimum absolute atomic E-state index is 0. The molecule has 4 heteroatoms. The van der Waals surface area contributed by atoms with Gasteiger partial charge in [0.15, 0.2) is 0 Å². The van der Waals surface area contributed by atoms with Crippen LogP contribution in [0, 0.1) is 0 Å². The minimum atomic E-state index is -0.360. The number of nitrogens with one attached hydrogen (secondary N) is 1. The second-order valence-corrected chi connectivity index (χ2v) is 6.91. The van der Waals surface area contributed by atoms with Crippen LogP contribution in [-0.4, -0.2) is 12.1 Å². The van der Waals surface area contributed by atoms with Crippen molar-refractivity contribution in [2.24, 2.45) is 5.73 Å². The van der Waals surface area contributed by atoms with Crippen molar-refractivity contribution >= 4 is 23.3 Å². The van der Waals surface area contributed by atoms with E-state index in [2.05, 4.69) is 48.3 Å². The molecular formula is C21H25ClN2O. The number of H-pyrrole nitrogens is 1. The lowest BCUT2D eigenvalue weighted by molar-refractivity contribution is 0.310. The molecule has 0 amide bonds. The molecule has 0 saturated heterocycles. The third-order valence-electron chi connectivity index (χ3n) is 5.68. The molecule has 0 fully saturated rings. The molecule has 3 nitrogen and oxygen atoms in total. The summed E-state index contributed by atoms with van der Waals surface area (Å²) in [7, 11) is 1.70. The van der Waals surface area contributed by atoms with E-state index in [1.54, 1.807) is 7.11 Å². The number of aryl methyl sites for hydroxylation is 1. The highest BCUT2D eigenvalue weighted by Crippen LogP contribution is 2.45. The van der Waals surface area contributed by atoms with Gasteiger partial charge in [0.25, 0.3) is 0 Å². The fourth-order valence-electron chi connectivity index (χ4n) is 4.16. The lowest BCUT2D eigenvalue weighted by Crippen LogP contribution is -2.44. The van der Waals surface area contributed by atoms with Gasteiger partial charge < -0.3 is 15.5 Å². The summed E-state index contributed by atoms with van der Waals surface area (Å²) in [6, 6.07) is 16.8. The van der Waals surface area contributed by atoms with Crippen LogP contribution in [0.4, 0.5) is 0 Å². The number of hydrogen-bond donors (Lipinski definition) is 2. The van der Waals surface area contributed by atoms with Crippen molar-refractivity contribution in [3.05, 3.63) is 65.4 Å². The molecular weight excluding hydrogens is 332 g/mol. The number of para-hydroxylation sites is 1. The van der Waals surface area contributed by atoms with E-state index in [-0.39, 0.29) is 23.9 Å². The van der Waals surface area contributed by atoms with Gasteiger partial charge in [-0.2, -0.15) is 0 Å². The van der Waals surface area contributed by atoms with Gasteiger partial charge in [-0.3, -0.25) is 0 Å². The largest absolute Gasteiger partial charge is 0.497 e. The zero-order valence-electron chi connectivity index (χ0n) is 14.7. The Morgan fingerprint density at radius 2 is 1.84 bits per heavy atom. The highest BCUT2D eigenvalue weighted by molar-refractivity contribution is 5.85. The van der Waals surface area contributed by atoms with Crippen LogP contribution in [0.1, 0.15) is 42.5 Å². The molecule has 0 bridgehead atoms. The van der Waals surface area contributed by atoms with E-state index in [0.29, 0.717) is 0 Å². The molecule has 2 aromatic carbocycles. The molecule has 25 heavy (non-hydrogen) atoms. The maximum absolute atomic E-state index is 7.02. The second-order valence-electron chi connectivity index (χ2n) is 6.91. The summed E-state index contributed by atoms with van der Waals surface area (Å²) in [5, 5.41) is 1.32. The maximum atomic E-state index is 7.02. The summed E-state index contributed by atoms with van der Waals surface area (Å²) in [6.45, 7) is 2.24. The molecule has 3 aromatic rings. The standard InChI is InChI=1S/C21H24N2O.ClH/c1-14(15-9-11-16(24-2)12-10-15)21(22)13-5-7-18-17-6-3-4-8-19(17)23-20(18)21;/h3-4,6,8-12,14,23H,5,7,13,22H2,1-2H3;1H/t14-,21?;/m1./s1. The van der Waals surface area contributed by atoms with Gasteiger partial charge in [0, 0.05) is 22.5 Å². The zero-order chi connectivity index (χ0) is 16.7. The van der Waals surface area contributed by atoms with E-state index in [4.69, 9.17) is 10.5 Å². The van der Waals surface area contributed by atoms with E-state index in [1.807, 2.05) is 12.1 Å². The van der Waals surface area contributed by atoms with Gasteiger partial charge in [-0.1, -0.05) is 37.3 Å². The zero-order valence-corrected chi connectivity index (χ0v) is 15.5. The molecule has 2 atom stereocenters. The summed E-state index contributed by atoms with van der Waals surface area (Å²) in [5.41, 5.74) is 11.7. The fraction of sp³-hybridized carbons (Fsp3) is 0.333. The maximum Gasteiger partial charge on any atom is 0.118 e. The normalized spacial score (nSPS) is 20.6. The van der Waals surface area contributed by atoms with Crippen LogP contribution in [-0.2, 0) is 12.0 Å². The Hall–Kier alpha value is -1.97. The summed E-state index contributed by atoms with van der Waals surface area (Å²) in [6.07, 6.45) is 3.24. The molecule has 1 aromatic heterocycles.